The Bertz CT molecular complexity index is 524. The standard InChI is InChI=1S/C14H20N4O/c1-4-7-16-14(12-6-9-18(2)17-12)11-5-8-15-10-13(11)19-3/h5-6,8-10,14,16H,4,7H2,1-3H3. The zero-order chi connectivity index (χ0) is 13.7. The highest BCUT2D eigenvalue weighted by Gasteiger charge is 2.19. The van der Waals surface area contributed by atoms with E-state index < -0.39 is 0 Å². The summed E-state index contributed by atoms with van der Waals surface area (Å²) in [5, 5.41) is 8.00. The van der Waals surface area contributed by atoms with Crippen LogP contribution in [0.1, 0.15) is 30.6 Å². The topological polar surface area (TPSA) is 52.0 Å². The molecule has 5 heteroatoms. The number of rotatable bonds is 6. The van der Waals surface area contributed by atoms with Crippen LogP contribution in [0.15, 0.2) is 30.7 Å². The number of pyridine rings is 1. The largest absolute Gasteiger partial charge is 0.495 e. The lowest BCUT2D eigenvalue weighted by Crippen LogP contribution is -2.24. The zero-order valence-electron chi connectivity index (χ0n) is 11.6. The highest BCUT2D eigenvalue weighted by molar-refractivity contribution is 5.37. The third-order valence-corrected chi connectivity index (χ3v) is 2.98. The number of aromatic nitrogens is 3. The summed E-state index contributed by atoms with van der Waals surface area (Å²) in [5.41, 5.74) is 2.05. The average molecular weight is 260 g/mol. The molecule has 102 valence electrons. The Morgan fingerprint density at radius 1 is 1.42 bits per heavy atom. The smallest absolute Gasteiger partial charge is 0.142 e. The number of nitrogens with zero attached hydrogens (tertiary/aromatic N) is 3. The quantitative estimate of drug-likeness (QED) is 0.862. The van der Waals surface area contributed by atoms with Crippen molar-refractivity contribution >= 4 is 0 Å². The van der Waals surface area contributed by atoms with E-state index in [-0.39, 0.29) is 6.04 Å². The van der Waals surface area contributed by atoms with E-state index >= 15 is 0 Å². The SMILES string of the molecule is CCCNC(c1ccn(C)n1)c1ccncc1OC. The second-order valence-electron chi connectivity index (χ2n) is 4.42. The fraction of sp³-hybridized carbons (Fsp3) is 0.429. The van der Waals surface area contributed by atoms with E-state index in [4.69, 9.17) is 4.74 Å². The summed E-state index contributed by atoms with van der Waals surface area (Å²) >= 11 is 0. The van der Waals surface area contributed by atoms with Gasteiger partial charge in [0, 0.05) is 25.0 Å². The van der Waals surface area contributed by atoms with Gasteiger partial charge in [-0.2, -0.15) is 5.10 Å². The van der Waals surface area contributed by atoms with Crippen molar-refractivity contribution in [2.75, 3.05) is 13.7 Å². The molecule has 0 aliphatic heterocycles. The van der Waals surface area contributed by atoms with Gasteiger partial charge in [-0.15, -0.1) is 0 Å². The third-order valence-electron chi connectivity index (χ3n) is 2.98. The van der Waals surface area contributed by atoms with Crippen molar-refractivity contribution in [2.45, 2.75) is 19.4 Å². The number of hydrogen-bond donors (Lipinski definition) is 1. The molecule has 0 amide bonds. The molecule has 0 saturated carbocycles. The van der Waals surface area contributed by atoms with E-state index in [9.17, 15) is 0 Å². The van der Waals surface area contributed by atoms with Gasteiger partial charge in [-0.25, -0.2) is 0 Å². The molecule has 0 fully saturated rings. The molecule has 2 heterocycles. The summed E-state index contributed by atoms with van der Waals surface area (Å²) in [6.07, 6.45) is 6.53. The Morgan fingerprint density at radius 3 is 2.89 bits per heavy atom. The van der Waals surface area contributed by atoms with E-state index in [1.807, 2.05) is 30.1 Å². The lowest BCUT2D eigenvalue weighted by molar-refractivity contribution is 0.401. The minimum atomic E-state index is 0.0269. The van der Waals surface area contributed by atoms with Crippen molar-refractivity contribution in [3.05, 3.63) is 42.0 Å². The van der Waals surface area contributed by atoms with Gasteiger partial charge in [-0.1, -0.05) is 6.92 Å². The van der Waals surface area contributed by atoms with Gasteiger partial charge in [-0.3, -0.25) is 9.67 Å². The fourth-order valence-corrected chi connectivity index (χ4v) is 2.05. The Morgan fingerprint density at radius 2 is 2.26 bits per heavy atom. The summed E-state index contributed by atoms with van der Waals surface area (Å²) in [4.78, 5) is 4.10. The Labute approximate surface area is 113 Å². The predicted molar refractivity (Wildman–Crippen MR) is 74.1 cm³/mol. The molecule has 0 aliphatic carbocycles. The van der Waals surface area contributed by atoms with E-state index in [0.29, 0.717) is 0 Å². The van der Waals surface area contributed by atoms with Crippen molar-refractivity contribution in [2.24, 2.45) is 7.05 Å². The number of hydrogen-bond acceptors (Lipinski definition) is 4. The highest BCUT2D eigenvalue weighted by Crippen LogP contribution is 2.28. The van der Waals surface area contributed by atoms with Crippen LogP contribution in [0.25, 0.3) is 0 Å². The normalized spacial score (nSPS) is 12.4. The molecule has 0 spiro atoms. The van der Waals surface area contributed by atoms with Crippen molar-refractivity contribution in [1.82, 2.24) is 20.1 Å². The monoisotopic (exact) mass is 260 g/mol. The van der Waals surface area contributed by atoms with Crippen LogP contribution in [0, 0.1) is 0 Å². The van der Waals surface area contributed by atoms with Gasteiger partial charge in [0.1, 0.15) is 5.75 Å². The summed E-state index contributed by atoms with van der Waals surface area (Å²) in [5.74, 6) is 0.779. The Kier molecular flexibility index (Phi) is 4.52. The molecule has 1 N–H and O–H groups in total. The Balaban J connectivity index is 2.36. The van der Waals surface area contributed by atoms with Crippen LogP contribution in [0.4, 0.5) is 0 Å². The molecule has 0 aliphatic rings. The summed E-state index contributed by atoms with van der Waals surface area (Å²) < 4.78 is 7.21. The van der Waals surface area contributed by atoms with Crippen molar-refractivity contribution < 1.29 is 4.74 Å². The maximum Gasteiger partial charge on any atom is 0.142 e. The number of nitrogens with one attached hydrogen (secondary N) is 1. The molecular formula is C14H20N4O. The van der Waals surface area contributed by atoms with E-state index in [1.54, 1.807) is 19.5 Å². The zero-order valence-corrected chi connectivity index (χ0v) is 11.6. The van der Waals surface area contributed by atoms with Crippen LogP contribution in [0.3, 0.4) is 0 Å². The maximum atomic E-state index is 5.40. The van der Waals surface area contributed by atoms with E-state index in [2.05, 4.69) is 22.3 Å². The molecule has 19 heavy (non-hydrogen) atoms. The molecule has 0 radical (unpaired) electrons. The van der Waals surface area contributed by atoms with Gasteiger partial charge in [0.15, 0.2) is 0 Å². The van der Waals surface area contributed by atoms with Gasteiger partial charge >= 0.3 is 0 Å². The molecule has 5 nitrogen and oxygen atoms in total. The number of aryl methyl sites for hydroxylation is 1. The minimum absolute atomic E-state index is 0.0269. The Hall–Kier alpha value is -1.88. The summed E-state index contributed by atoms with van der Waals surface area (Å²) in [7, 11) is 3.58. The average Bonchev–Trinajstić information content (AvgIpc) is 2.86. The second-order valence-corrected chi connectivity index (χ2v) is 4.42. The van der Waals surface area contributed by atoms with Gasteiger partial charge in [-0.05, 0) is 25.1 Å². The van der Waals surface area contributed by atoms with Crippen LogP contribution in [-0.4, -0.2) is 28.4 Å². The molecule has 0 bridgehead atoms. The molecule has 1 atom stereocenters. The van der Waals surface area contributed by atoms with Crippen molar-refractivity contribution in [3.8, 4) is 5.75 Å². The number of methoxy groups -OCH3 is 1. The molecule has 2 rings (SSSR count). The summed E-state index contributed by atoms with van der Waals surface area (Å²) in [6.45, 7) is 3.07. The molecule has 0 saturated heterocycles. The van der Waals surface area contributed by atoms with Crippen LogP contribution >= 0.6 is 0 Å². The van der Waals surface area contributed by atoms with Crippen LogP contribution < -0.4 is 10.1 Å². The first kappa shape index (κ1) is 13.5. The highest BCUT2D eigenvalue weighted by atomic mass is 16.5. The maximum absolute atomic E-state index is 5.40. The third kappa shape index (κ3) is 3.12. The molecule has 1 unspecified atom stereocenters. The molecular weight excluding hydrogens is 240 g/mol. The van der Waals surface area contributed by atoms with Crippen molar-refractivity contribution in [3.63, 3.8) is 0 Å². The van der Waals surface area contributed by atoms with Gasteiger partial charge < -0.3 is 10.1 Å². The van der Waals surface area contributed by atoms with Crippen LogP contribution in [0.2, 0.25) is 0 Å². The van der Waals surface area contributed by atoms with Crippen LogP contribution in [0.5, 0.6) is 5.75 Å². The fourth-order valence-electron chi connectivity index (χ4n) is 2.05. The van der Waals surface area contributed by atoms with E-state index in [1.165, 1.54) is 0 Å². The first-order valence-corrected chi connectivity index (χ1v) is 6.47. The number of ether oxygens (including phenoxy) is 1. The van der Waals surface area contributed by atoms with Gasteiger partial charge in [0.2, 0.25) is 0 Å². The van der Waals surface area contributed by atoms with Crippen LogP contribution in [-0.2, 0) is 7.05 Å². The lowest BCUT2D eigenvalue weighted by atomic mass is 10.0. The van der Waals surface area contributed by atoms with Crippen molar-refractivity contribution in [1.29, 1.82) is 0 Å². The van der Waals surface area contributed by atoms with Gasteiger partial charge in [0.05, 0.1) is 25.0 Å². The predicted octanol–water partition coefficient (Wildman–Crippen LogP) is 1.91. The molecule has 2 aromatic heterocycles. The lowest BCUT2D eigenvalue weighted by Gasteiger charge is -2.19. The summed E-state index contributed by atoms with van der Waals surface area (Å²) in [6, 6.07) is 4.02. The van der Waals surface area contributed by atoms with Gasteiger partial charge in [0.25, 0.3) is 0 Å². The van der Waals surface area contributed by atoms with E-state index in [0.717, 1.165) is 30.0 Å². The molecule has 0 aromatic carbocycles. The second kappa shape index (κ2) is 6.33. The first-order chi connectivity index (χ1) is 9.26. The molecule has 2 aromatic rings. The minimum Gasteiger partial charge on any atom is -0.495 e. The first-order valence-electron chi connectivity index (χ1n) is 6.47.